The molecule has 0 unspecified atom stereocenters. The van der Waals surface area contributed by atoms with E-state index in [4.69, 9.17) is 4.74 Å². The number of benzene rings is 3. The van der Waals surface area contributed by atoms with Crippen LogP contribution in [0.1, 0.15) is 30.0 Å². The fraction of sp³-hybridized carbons (Fsp3) is 0.192. The Labute approximate surface area is 190 Å². The minimum atomic E-state index is -0.646. The molecule has 0 atom stereocenters. The zero-order valence-electron chi connectivity index (χ0n) is 18.4. The number of halogens is 3. The Morgan fingerprint density at radius 3 is 2.33 bits per heavy atom. The van der Waals surface area contributed by atoms with Gasteiger partial charge in [-0.25, -0.2) is 8.78 Å². The number of nitrogens with zero attached hydrogens (tertiary/aromatic N) is 1. The Bertz CT molecular complexity index is 1280. The molecule has 4 aromatic rings. The van der Waals surface area contributed by atoms with Crippen LogP contribution in [0.2, 0.25) is 0 Å². The Balaban J connectivity index is 1.91. The number of hydrogen-bond donors (Lipinski definition) is 2. The predicted molar refractivity (Wildman–Crippen MR) is 124 cm³/mol. The summed E-state index contributed by atoms with van der Waals surface area (Å²) in [7, 11) is 1.84. The van der Waals surface area contributed by atoms with Crippen molar-refractivity contribution in [2.45, 2.75) is 13.3 Å². The predicted octanol–water partition coefficient (Wildman–Crippen LogP) is 5.95. The molecule has 33 heavy (non-hydrogen) atoms. The lowest BCUT2D eigenvalue weighted by Crippen LogP contribution is -2.15. The van der Waals surface area contributed by atoms with Gasteiger partial charge in [0.2, 0.25) is 5.95 Å². The smallest absolute Gasteiger partial charge is 0.216 e. The number of aromatic nitrogens is 2. The van der Waals surface area contributed by atoms with Crippen LogP contribution in [0.25, 0.3) is 22.0 Å². The van der Waals surface area contributed by atoms with Gasteiger partial charge in [-0.15, -0.1) is 0 Å². The monoisotopic (exact) mass is 451 g/mol. The van der Waals surface area contributed by atoms with Crippen molar-refractivity contribution in [2.75, 3.05) is 20.2 Å². The van der Waals surface area contributed by atoms with E-state index in [0.717, 1.165) is 5.56 Å². The Hall–Kier alpha value is -3.58. The summed E-state index contributed by atoms with van der Waals surface area (Å²) < 4.78 is 49.6. The van der Waals surface area contributed by atoms with E-state index in [9.17, 15) is 13.2 Å². The second-order valence-corrected chi connectivity index (χ2v) is 7.55. The Morgan fingerprint density at radius 2 is 1.67 bits per heavy atom. The highest BCUT2D eigenvalue weighted by atomic mass is 19.1. The number of likely N-dealkylation sites (N-methyl/N-ethyl adjacent to an activating group) is 1. The fourth-order valence-corrected chi connectivity index (χ4v) is 3.90. The van der Waals surface area contributed by atoms with Crippen LogP contribution in [0.5, 0.6) is 5.75 Å². The van der Waals surface area contributed by atoms with E-state index in [0.29, 0.717) is 52.9 Å². The summed E-state index contributed by atoms with van der Waals surface area (Å²) in [6.45, 7) is 3.05. The van der Waals surface area contributed by atoms with Gasteiger partial charge in [0, 0.05) is 12.1 Å². The fourth-order valence-electron chi connectivity index (χ4n) is 3.90. The van der Waals surface area contributed by atoms with Crippen LogP contribution < -0.4 is 10.1 Å². The molecule has 2 N–H and O–H groups in total. The highest BCUT2D eigenvalue weighted by Crippen LogP contribution is 2.38. The number of fused-ring (bicyclic) bond motifs is 1. The minimum absolute atomic E-state index is 0.0860. The van der Waals surface area contributed by atoms with E-state index < -0.39 is 17.6 Å². The minimum Gasteiger partial charge on any atom is -0.492 e. The third kappa shape index (κ3) is 4.64. The van der Waals surface area contributed by atoms with Crippen LogP contribution >= 0.6 is 0 Å². The SMILES string of the molecule is CC/C(=C(/c1ccc(OCCNC)cc1)c1ccc2n[nH]c(F)c2c1)c1c(F)cccc1F. The van der Waals surface area contributed by atoms with Crippen molar-refractivity contribution < 1.29 is 17.9 Å². The third-order valence-corrected chi connectivity index (χ3v) is 5.48. The van der Waals surface area contributed by atoms with E-state index in [-0.39, 0.29) is 5.56 Å². The molecule has 0 aliphatic carbocycles. The molecule has 0 aliphatic rings. The quantitative estimate of drug-likeness (QED) is 0.257. The van der Waals surface area contributed by atoms with Crippen LogP contribution in [-0.2, 0) is 0 Å². The average molecular weight is 451 g/mol. The van der Waals surface area contributed by atoms with Gasteiger partial charge in [-0.05, 0) is 72.1 Å². The largest absolute Gasteiger partial charge is 0.492 e. The van der Waals surface area contributed by atoms with Gasteiger partial charge >= 0.3 is 0 Å². The number of H-pyrrole nitrogens is 1. The Morgan fingerprint density at radius 1 is 0.970 bits per heavy atom. The lowest BCUT2D eigenvalue weighted by atomic mass is 9.87. The van der Waals surface area contributed by atoms with Gasteiger partial charge in [-0.1, -0.05) is 31.2 Å². The second kappa shape index (κ2) is 9.92. The normalized spacial score (nSPS) is 12.2. The molecule has 1 aromatic heterocycles. The number of rotatable bonds is 8. The van der Waals surface area contributed by atoms with Crippen LogP contribution in [0.3, 0.4) is 0 Å². The number of hydrogen-bond acceptors (Lipinski definition) is 3. The van der Waals surface area contributed by atoms with Crippen molar-refractivity contribution in [1.29, 1.82) is 0 Å². The van der Waals surface area contributed by atoms with Crippen molar-refractivity contribution in [3.63, 3.8) is 0 Å². The van der Waals surface area contributed by atoms with Gasteiger partial charge in [0.1, 0.15) is 24.0 Å². The van der Waals surface area contributed by atoms with Gasteiger partial charge in [-0.3, -0.25) is 5.10 Å². The summed E-state index contributed by atoms with van der Waals surface area (Å²) >= 11 is 0. The molecule has 4 rings (SSSR count). The first-order valence-electron chi connectivity index (χ1n) is 10.7. The number of ether oxygens (including phenoxy) is 1. The van der Waals surface area contributed by atoms with Crippen molar-refractivity contribution in [3.8, 4) is 5.75 Å². The van der Waals surface area contributed by atoms with E-state index in [1.807, 2.05) is 38.2 Å². The number of allylic oxidation sites excluding steroid dienone is 1. The Kier molecular flexibility index (Phi) is 6.79. The molecule has 7 heteroatoms. The van der Waals surface area contributed by atoms with E-state index >= 15 is 0 Å². The third-order valence-electron chi connectivity index (χ3n) is 5.48. The topological polar surface area (TPSA) is 49.9 Å². The van der Waals surface area contributed by atoms with Gasteiger partial charge in [0.25, 0.3) is 0 Å². The second-order valence-electron chi connectivity index (χ2n) is 7.55. The summed E-state index contributed by atoms with van der Waals surface area (Å²) in [6.07, 6.45) is 0.361. The summed E-state index contributed by atoms with van der Waals surface area (Å²) in [5, 5.41) is 9.59. The maximum Gasteiger partial charge on any atom is 0.216 e. The van der Waals surface area contributed by atoms with Crippen LogP contribution in [0.15, 0.2) is 60.7 Å². The zero-order valence-corrected chi connectivity index (χ0v) is 18.4. The van der Waals surface area contributed by atoms with Gasteiger partial charge in [0.15, 0.2) is 0 Å². The lowest BCUT2D eigenvalue weighted by Gasteiger charge is -2.18. The molecule has 1 heterocycles. The molecule has 0 spiro atoms. The molecule has 170 valence electrons. The first kappa shape index (κ1) is 22.6. The summed E-state index contributed by atoms with van der Waals surface area (Å²) in [5.74, 6) is -1.17. The molecule has 0 radical (unpaired) electrons. The van der Waals surface area contributed by atoms with E-state index in [2.05, 4.69) is 15.5 Å². The average Bonchev–Trinajstić information content (AvgIpc) is 3.19. The van der Waals surface area contributed by atoms with E-state index in [1.54, 1.807) is 18.2 Å². The number of nitrogens with one attached hydrogen (secondary N) is 2. The molecule has 0 saturated carbocycles. The first-order valence-corrected chi connectivity index (χ1v) is 10.7. The summed E-state index contributed by atoms with van der Waals surface area (Å²) in [6, 6.07) is 16.2. The van der Waals surface area contributed by atoms with Crippen molar-refractivity contribution in [1.82, 2.24) is 15.5 Å². The molecule has 0 aliphatic heterocycles. The number of aromatic amines is 1. The maximum atomic E-state index is 14.8. The standard InChI is InChI=1S/C26H24F3N3O/c1-3-19(25-21(27)5-4-6-22(25)28)24(16-7-10-18(11-8-16)33-14-13-30-2)17-9-12-23-20(15-17)26(29)32-31-23/h4-12,15,30H,3,13-14H2,1-2H3,(H,31,32)/b24-19+. The van der Waals surface area contributed by atoms with Crippen molar-refractivity contribution >= 4 is 22.0 Å². The molecule has 0 saturated heterocycles. The van der Waals surface area contributed by atoms with Crippen molar-refractivity contribution in [2.24, 2.45) is 0 Å². The van der Waals surface area contributed by atoms with Crippen LogP contribution in [0, 0.1) is 17.6 Å². The zero-order chi connectivity index (χ0) is 23.4. The molecule has 0 fully saturated rings. The highest BCUT2D eigenvalue weighted by Gasteiger charge is 2.20. The molecular weight excluding hydrogens is 427 g/mol. The van der Waals surface area contributed by atoms with Crippen molar-refractivity contribution in [3.05, 3.63) is 94.9 Å². The first-order chi connectivity index (χ1) is 16.0. The molecule has 4 nitrogen and oxygen atoms in total. The van der Waals surface area contributed by atoms with Crippen LogP contribution in [0.4, 0.5) is 13.2 Å². The summed E-state index contributed by atoms with van der Waals surface area (Å²) in [4.78, 5) is 0. The van der Waals surface area contributed by atoms with Gasteiger partial charge in [0.05, 0.1) is 10.9 Å². The summed E-state index contributed by atoms with van der Waals surface area (Å²) in [5.41, 5.74) is 2.85. The molecule has 0 bridgehead atoms. The molecule has 3 aromatic carbocycles. The highest BCUT2D eigenvalue weighted by molar-refractivity contribution is 6.00. The molecule has 0 amide bonds. The van der Waals surface area contributed by atoms with E-state index in [1.165, 1.54) is 18.2 Å². The van der Waals surface area contributed by atoms with Gasteiger partial charge in [-0.2, -0.15) is 9.49 Å². The maximum absolute atomic E-state index is 14.8. The van der Waals surface area contributed by atoms with Gasteiger partial charge < -0.3 is 10.1 Å². The molecular formula is C26H24F3N3O. The lowest BCUT2D eigenvalue weighted by molar-refractivity contribution is 0.318. The van der Waals surface area contributed by atoms with Crippen LogP contribution in [-0.4, -0.2) is 30.4 Å².